The van der Waals surface area contributed by atoms with Gasteiger partial charge in [0.05, 0.1) is 13.7 Å². The second kappa shape index (κ2) is 7.29. The predicted octanol–water partition coefficient (Wildman–Crippen LogP) is 2.73. The van der Waals surface area contributed by atoms with Gasteiger partial charge in [-0.25, -0.2) is 0 Å². The van der Waals surface area contributed by atoms with Crippen LogP contribution in [0.4, 0.5) is 0 Å². The summed E-state index contributed by atoms with van der Waals surface area (Å²) < 4.78 is 10.5. The zero-order valence-corrected chi connectivity index (χ0v) is 13.0. The standard InChI is InChI=1S/C16H25NO3/c1-12(2)13-6-8-14(9-7-13)20-11-10-16(3,17-4)15(18)19-5/h6-9,12,17H,10-11H2,1-5H3. The third-order valence-electron chi connectivity index (χ3n) is 3.61. The summed E-state index contributed by atoms with van der Waals surface area (Å²) in [6.45, 7) is 6.58. The Morgan fingerprint density at radius 1 is 1.30 bits per heavy atom. The van der Waals surface area contributed by atoms with Crippen LogP contribution in [0.15, 0.2) is 24.3 Å². The Labute approximate surface area is 121 Å². The lowest BCUT2D eigenvalue weighted by Crippen LogP contribution is -2.49. The fourth-order valence-corrected chi connectivity index (χ4v) is 1.88. The van der Waals surface area contributed by atoms with Crippen LogP contribution in [0.1, 0.15) is 38.7 Å². The first kappa shape index (κ1) is 16.5. The van der Waals surface area contributed by atoms with Crippen LogP contribution in [0.2, 0.25) is 0 Å². The molecule has 4 heteroatoms. The minimum Gasteiger partial charge on any atom is -0.494 e. The van der Waals surface area contributed by atoms with Crippen molar-refractivity contribution in [2.75, 3.05) is 20.8 Å². The predicted molar refractivity (Wildman–Crippen MR) is 80.1 cm³/mol. The Bertz CT molecular complexity index is 428. The van der Waals surface area contributed by atoms with E-state index >= 15 is 0 Å². The van der Waals surface area contributed by atoms with Crippen molar-refractivity contribution >= 4 is 5.97 Å². The van der Waals surface area contributed by atoms with Gasteiger partial charge in [0.25, 0.3) is 0 Å². The van der Waals surface area contributed by atoms with Gasteiger partial charge in [0.2, 0.25) is 0 Å². The van der Waals surface area contributed by atoms with Crippen LogP contribution in [0.5, 0.6) is 5.75 Å². The molecule has 112 valence electrons. The van der Waals surface area contributed by atoms with E-state index in [1.807, 2.05) is 19.1 Å². The number of esters is 1. The first-order valence-electron chi connectivity index (χ1n) is 6.93. The molecule has 0 radical (unpaired) electrons. The van der Waals surface area contributed by atoms with E-state index in [0.717, 1.165) is 5.75 Å². The van der Waals surface area contributed by atoms with E-state index in [1.165, 1.54) is 12.7 Å². The second-order valence-electron chi connectivity index (χ2n) is 5.40. The van der Waals surface area contributed by atoms with Crippen LogP contribution < -0.4 is 10.1 Å². The SMILES string of the molecule is CNC(C)(CCOc1ccc(C(C)C)cc1)C(=O)OC. The largest absolute Gasteiger partial charge is 0.494 e. The normalized spacial score (nSPS) is 13.9. The summed E-state index contributed by atoms with van der Waals surface area (Å²) in [5.74, 6) is 1.05. The molecule has 1 rings (SSSR count). The molecule has 0 aliphatic rings. The average Bonchev–Trinajstić information content (AvgIpc) is 2.46. The van der Waals surface area contributed by atoms with Gasteiger partial charge in [-0.3, -0.25) is 4.79 Å². The van der Waals surface area contributed by atoms with Crippen molar-refractivity contribution < 1.29 is 14.3 Å². The number of likely N-dealkylation sites (N-methyl/N-ethyl adjacent to an activating group) is 1. The van der Waals surface area contributed by atoms with E-state index < -0.39 is 5.54 Å². The lowest BCUT2D eigenvalue weighted by Gasteiger charge is -2.25. The molecule has 1 aromatic rings. The topological polar surface area (TPSA) is 47.6 Å². The molecule has 0 aliphatic carbocycles. The van der Waals surface area contributed by atoms with Crippen molar-refractivity contribution in [1.82, 2.24) is 5.32 Å². The third-order valence-corrected chi connectivity index (χ3v) is 3.61. The van der Waals surface area contributed by atoms with Gasteiger partial charge >= 0.3 is 5.97 Å². The zero-order valence-electron chi connectivity index (χ0n) is 13.0. The zero-order chi connectivity index (χ0) is 15.2. The number of rotatable bonds is 7. The minimum absolute atomic E-state index is 0.279. The Morgan fingerprint density at radius 3 is 2.35 bits per heavy atom. The quantitative estimate of drug-likeness (QED) is 0.780. The van der Waals surface area contributed by atoms with E-state index in [-0.39, 0.29) is 5.97 Å². The molecular formula is C16H25NO3. The highest BCUT2D eigenvalue weighted by Crippen LogP contribution is 2.19. The third kappa shape index (κ3) is 4.23. The number of hydrogen-bond donors (Lipinski definition) is 1. The second-order valence-corrected chi connectivity index (χ2v) is 5.40. The van der Waals surface area contributed by atoms with E-state index in [1.54, 1.807) is 7.05 Å². The molecule has 4 nitrogen and oxygen atoms in total. The number of carbonyl (C=O) groups excluding carboxylic acids is 1. The molecule has 1 aromatic carbocycles. The van der Waals surface area contributed by atoms with Gasteiger partial charge in [-0.05, 0) is 37.6 Å². The molecule has 0 aromatic heterocycles. The van der Waals surface area contributed by atoms with Gasteiger partial charge in [-0.2, -0.15) is 0 Å². The van der Waals surface area contributed by atoms with E-state index in [9.17, 15) is 4.79 Å². The van der Waals surface area contributed by atoms with Gasteiger partial charge in [0.15, 0.2) is 0 Å². The first-order valence-corrected chi connectivity index (χ1v) is 6.93. The molecule has 20 heavy (non-hydrogen) atoms. The smallest absolute Gasteiger partial charge is 0.325 e. The lowest BCUT2D eigenvalue weighted by molar-refractivity contribution is -0.148. The van der Waals surface area contributed by atoms with Crippen LogP contribution in [-0.4, -0.2) is 32.3 Å². The maximum atomic E-state index is 11.7. The summed E-state index contributed by atoms with van der Waals surface area (Å²) in [5, 5.41) is 2.98. The number of methoxy groups -OCH3 is 1. The van der Waals surface area contributed by atoms with Crippen LogP contribution in [-0.2, 0) is 9.53 Å². The fourth-order valence-electron chi connectivity index (χ4n) is 1.88. The molecular weight excluding hydrogens is 254 g/mol. The number of carbonyl (C=O) groups is 1. The highest BCUT2D eigenvalue weighted by atomic mass is 16.5. The first-order chi connectivity index (χ1) is 9.42. The van der Waals surface area contributed by atoms with Crippen LogP contribution in [0.3, 0.4) is 0 Å². The van der Waals surface area contributed by atoms with Crippen molar-refractivity contribution in [3.05, 3.63) is 29.8 Å². The Kier molecular flexibility index (Phi) is 6.02. The molecule has 1 unspecified atom stereocenters. The lowest BCUT2D eigenvalue weighted by atomic mass is 9.99. The molecule has 0 spiro atoms. The van der Waals surface area contributed by atoms with Crippen molar-refractivity contribution in [2.24, 2.45) is 0 Å². The maximum Gasteiger partial charge on any atom is 0.325 e. The number of hydrogen-bond acceptors (Lipinski definition) is 4. The Balaban J connectivity index is 2.53. The van der Waals surface area contributed by atoms with E-state index in [4.69, 9.17) is 9.47 Å². The van der Waals surface area contributed by atoms with Crippen molar-refractivity contribution in [1.29, 1.82) is 0 Å². The number of ether oxygens (including phenoxy) is 2. The summed E-state index contributed by atoms with van der Waals surface area (Å²) in [6, 6.07) is 8.06. The van der Waals surface area contributed by atoms with Crippen molar-refractivity contribution in [3.8, 4) is 5.75 Å². The van der Waals surface area contributed by atoms with Gasteiger partial charge in [0.1, 0.15) is 11.3 Å². The van der Waals surface area contributed by atoms with Gasteiger partial charge in [-0.15, -0.1) is 0 Å². The molecule has 0 heterocycles. The molecule has 1 N–H and O–H groups in total. The highest BCUT2D eigenvalue weighted by Gasteiger charge is 2.32. The summed E-state index contributed by atoms with van der Waals surface area (Å²) in [4.78, 5) is 11.7. The molecule has 0 amide bonds. The minimum atomic E-state index is -0.716. The maximum absolute atomic E-state index is 11.7. The average molecular weight is 279 g/mol. The number of benzene rings is 1. The van der Waals surface area contributed by atoms with Crippen LogP contribution in [0, 0.1) is 0 Å². The summed E-state index contributed by atoms with van der Waals surface area (Å²) in [7, 11) is 3.14. The molecule has 0 aliphatic heterocycles. The van der Waals surface area contributed by atoms with E-state index in [0.29, 0.717) is 18.9 Å². The van der Waals surface area contributed by atoms with Gasteiger partial charge in [-0.1, -0.05) is 26.0 Å². The monoisotopic (exact) mass is 279 g/mol. The highest BCUT2D eigenvalue weighted by molar-refractivity contribution is 5.80. The molecule has 0 bridgehead atoms. The summed E-state index contributed by atoms with van der Waals surface area (Å²) in [5.41, 5.74) is 0.569. The van der Waals surface area contributed by atoms with E-state index in [2.05, 4.69) is 31.3 Å². The Hall–Kier alpha value is -1.55. The molecule has 0 fully saturated rings. The number of nitrogens with one attached hydrogen (secondary N) is 1. The van der Waals surface area contributed by atoms with Crippen LogP contribution in [0.25, 0.3) is 0 Å². The molecule has 0 saturated carbocycles. The van der Waals surface area contributed by atoms with Gasteiger partial charge in [0, 0.05) is 6.42 Å². The summed E-state index contributed by atoms with van der Waals surface area (Å²) in [6.07, 6.45) is 0.544. The summed E-state index contributed by atoms with van der Waals surface area (Å²) >= 11 is 0. The molecule has 0 saturated heterocycles. The van der Waals surface area contributed by atoms with Gasteiger partial charge < -0.3 is 14.8 Å². The van der Waals surface area contributed by atoms with Crippen molar-refractivity contribution in [2.45, 2.75) is 38.6 Å². The van der Waals surface area contributed by atoms with Crippen LogP contribution >= 0.6 is 0 Å². The van der Waals surface area contributed by atoms with Crippen molar-refractivity contribution in [3.63, 3.8) is 0 Å². The fraction of sp³-hybridized carbons (Fsp3) is 0.562. The Morgan fingerprint density at radius 2 is 1.90 bits per heavy atom. The molecule has 1 atom stereocenters.